The Balaban J connectivity index is 1.94. The van der Waals surface area contributed by atoms with Crippen molar-refractivity contribution in [2.24, 2.45) is 5.41 Å². The zero-order valence-corrected chi connectivity index (χ0v) is 16.6. The monoisotopic (exact) mass is 461 g/mol. The lowest BCUT2D eigenvalue weighted by Crippen LogP contribution is -2.55. The highest BCUT2D eigenvalue weighted by Gasteiger charge is 2.59. The van der Waals surface area contributed by atoms with E-state index in [1.807, 2.05) is 0 Å². The molecule has 29 heavy (non-hydrogen) atoms. The molecular formula is C19H16BrN3O6. The Morgan fingerprint density at radius 1 is 1.10 bits per heavy atom. The van der Waals surface area contributed by atoms with Crippen LogP contribution in [0.1, 0.15) is 24.3 Å². The molecule has 0 bridgehead atoms. The molecule has 1 saturated carbocycles. The van der Waals surface area contributed by atoms with Crippen LogP contribution in [0.3, 0.4) is 0 Å². The van der Waals surface area contributed by atoms with E-state index in [2.05, 4.69) is 21.2 Å². The minimum atomic E-state index is -1.55. The van der Waals surface area contributed by atoms with Crippen LogP contribution >= 0.6 is 15.9 Å². The van der Waals surface area contributed by atoms with Crippen LogP contribution < -0.4 is 5.32 Å². The van der Waals surface area contributed by atoms with E-state index in [0.29, 0.717) is 5.56 Å². The molecule has 0 unspecified atom stereocenters. The maximum absolute atomic E-state index is 13.1. The largest absolute Gasteiger partial charge is 0.325 e. The number of hydrogen-bond donors (Lipinski definition) is 1. The molecular weight excluding hydrogens is 446 g/mol. The summed E-state index contributed by atoms with van der Waals surface area (Å²) in [7, 11) is 0. The van der Waals surface area contributed by atoms with Crippen molar-refractivity contribution in [3.8, 4) is 0 Å². The molecule has 0 radical (unpaired) electrons. The number of benzene rings is 2. The highest BCUT2D eigenvalue weighted by molar-refractivity contribution is 9.10. The van der Waals surface area contributed by atoms with E-state index in [0.717, 1.165) is 4.47 Å². The number of nitrogens with zero attached hydrogens (tertiary/aromatic N) is 2. The number of nitro benzene ring substituents is 1. The molecule has 0 aliphatic heterocycles. The van der Waals surface area contributed by atoms with Crippen molar-refractivity contribution in [1.82, 2.24) is 0 Å². The second-order valence-electron chi connectivity index (χ2n) is 6.77. The van der Waals surface area contributed by atoms with Crippen molar-refractivity contribution in [3.05, 3.63) is 78.8 Å². The van der Waals surface area contributed by atoms with Gasteiger partial charge >= 0.3 is 0 Å². The first-order valence-electron chi connectivity index (χ1n) is 8.70. The van der Waals surface area contributed by atoms with Crippen LogP contribution in [0.5, 0.6) is 0 Å². The zero-order valence-electron chi connectivity index (χ0n) is 15.0. The fourth-order valence-electron chi connectivity index (χ4n) is 3.56. The molecule has 0 heterocycles. The Morgan fingerprint density at radius 3 is 2.17 bits per heavy atom. The van der Waals surface area contributed by atoms with Gasteiger partial charge in [0.2, 0.25) is 12.5 Å². The highest BCUT2D eigenvalue weighted by Crippen LogP contribution is 2.50. The Kier molecular flexibility index (Phi) is 5.73. The highest BCUT2D eigenvalue weighted by atomic mass is 79.9. The van der Waals surface area contributed by atoms with Gasteiger partial charge in [-0.05, 0) is 36.2 Å². The number of halogens is 1. The second-order valence-corrected chi connectivity index (χ2v) is 7.69. The average Bonchev–Trinajstić information content (AvgIpc) is 2.67. The standard InChI is InChI=1S/C19H16BrN3O6/c20-13-3-1-12(2-4-13)16(11-22(26)27)19(10-9-17(19)24)18(25)21-14-5-7-15(8-6-14)23(28)29/h1-8,16H,9-11H2,(H,21,25)/t16-,19+/m0/s1. The number of nitrogens with one attached hydrogen (secondary N) is 1. The summed E-state index contributed by atoms with van der Waals surface area (Å²) in [5.74, 6) is -1.92. The van der Waals surface area contributed by atoms with E-state index in [4.69, 9.17) is 0 Å². The topological polar surface area (TPSA) is 132 Å². The Bertz CT molecular complexity index is 976. The van der Waals surface area contributed by atoms with Crippen molar-refractivity contribution < 1.29 is 19.4 Å². The summed E-state index contributed by atoms with van der Waals surface area (Å²) in [5.41, 5.74) is -0.895. The number of hydrogen-bond acceptors (Lipinski definition) is 6. The van der Waals surface area contributed by atoms with Crippen molar-refractivity contribution in [3.63, 3.8) is 0 Å². The first kappa shape index (κ1) is 20.6. The number of non-ortho nitro benzene ring substituents is 1. The molecule has 0 aromatic heterocycles. The maximum Gasteiger partial charge on any atom is 0.269 e. The van der Waals surface area contributed by atoms with Gasteiger partial charge in [-0.1, -0.05) is 28.1 Å². The van der Waals surface area contributed by atoms with E-state index < -0.39 is 33.6 Å². The lowest BCUT2D eigenvalue weighted by Gasteiger charge is -2.43. The van der Waals surface area contributed by atoms with Gasteiger partial charge < -0.3 is 5.32 Å². The molecule has 1 aliphatic carbocycles. The summed E-state index contributed by atoms with van der Waals surface area (Å²) in [6.45, 7) is -0.568. The van der Waals surface area contributed by atoms with Crippen LogP contribution in [0.2, 0.25) is 0 Å². The molecule has 2 aromatic carbocycles. The first-order valence-corrected chi connectivity index (χ1v) is 9.50. The van der Waals surface area contributed by atoms with Gasteiger partial charge in [0.05, 0.1) is 10.8 Å². The molecule has 1 aliphatic rings. The second kappa shape index (κ2) is 8.08. The third kappa shape index (κ3) is 4.02. The summed E-state index contributed by atoms with van der Waals surface area (Å²) < 4.78 is 0.769. The van der Waals surface area contributed by atoms with Crippen LogP contribution in [-0.4, -0.2) is 28.1 Å². The molecule has 1 amide bonds. The number of Topliss-reactive ketones (excluding diaryl/α,β-unsaturated/α-hetero) is 1. The summed E-state index contributed by atoms with van der Waals surface area (Å²) >= 11 is 3.30. The number of rotatable bonds is 7. The molecule has 10 heteroatoms. The van der Waals surface area contributed by atoms with Gasteiger partial charge in [0.25, 0.3) is 5.69 Å². The van der Waals surface area contributed by atoms with Crippen LogP contribution in [0.25, 0.3) is 0 Å². The molecule has 0 saturated heterocycles. The molecule has 3 rings (SSSR count). The zero-order chi connectivity index (χ0) is 21.2. The summed E-state index contributed by atoms with van der Waals surface area (Å²) in [6, 6.07) is 11.9. The smallest absolute Gasteiger partial charge is 0.269 e. The number of ketones is 1. The van der Waals surface area contributed by atoms with E-state index in [-0.39, 0.29) is 30.0 Å². The molecule has 0 spiro atoms. The number of anilines is 1. The predicted octanol–water partition coefficient (Wildman–Crippen LogP) is 3.71. The molecule has 1 N–H and O–H groups in total. The fourth-order valence-corrected chi connectivity index (χ4v) is 3.83. The Morgan fingerprint density at radius 2 is 1.72 bits per heavy atom. The van der Waals surface area contributed by atoms with Gasteiger partial charge in [-0.15, -0.1) is 0 Å². The summed E-state index contributed by atoms with van der Waals surface area (Å²) in [5, 5.41) is 24.7. The van der Waals surface area contributed by atoms with Crippen molar-refractivity contribution in [2.75, 3.05) is 11.9 Å². The van der Waals surface area contributed by atoms with Gasteiger partial charge in [-0.3, -0.25) is 29.8 Å². The summed E-state index contributed by atoms with van der Waals surface area (Å²) in [6.07, 6.45) is 0.359. The maximum atomic E-state index is 13.1. The van der Waals surface area contributed by atoms with Crippen molar-refractivity contribution >= 4 is 39.0 Å². The Labute approximate surface area is 173 Å². The van der Waals surface area contributed by atoms with Crippen LogP contribution in [0.15, 0.2) is 53.0 Å². The molecule has 2 atom stereocenters. The third-order valence-corrected chi connectivity index (χ3v) is 5.71. The Hall–Kier alpha value is -3.14. The SMILES string of the molecule is O=C1CC[C@@]1(C(=O)Nc1ccc([N+](=O)[O-])cc1)[C@@H](C[N+](=O)[O-])c1ccc(Br)cc1. The van der Waals surface area contributed by atoms with Gasteiger partial charge in [-0.2, -0.15) is 0 Å². The number of carbonyl (C=O) groups excluding carboxylic acids is 2. The fraction of sp³-hybridized carbons (Fsp3) is 0.263. The molecule has 2 aromatic rings. The van der Waals surface area contributed by atoms with E-state index in [1.165, 1.54) is 24.3 Å². The minimum Gasteiger partial charge on any atom is -0.325 e. The molecule has 150 valence electrons. The number of carbonyl (C=O) groups is 2. The minimum absolute atomic E-state index is 0.140. The van der Waals surface area contributed by atoms with Crippen molar-refractivity contribution in [2.45, 2.75) is 18.8 Å². The summed E-state index contributed by atoms with van der Waals surface area (Å²) in [4.78, 5) is 46.7. The van der Waals surface area contributed by atoms with Gasteiger partial charge in [0, 0.05) is 33.6 Å². The number of amides is 1. The normalized spacial score (nSPS) is 19.1. The molecule has 1 fully saturated rings. The average molecular weight is 462 g/mol. The van der Waals surface area contributed by atoms with E-state index >= 15 is 0 Å². The van der Waals surface area contributed by atoms with Crippen molar-refractivity contribution in [1.29, 1.82) is 0 Å². The lowest BCUT2D eigenvalue weighted by atomic mass is 9.57. The van der Waals surface area contributed by atoms with Gasteiger partial charge in [0.15, 0.2) is 0 Å². The lowest BCUT2D eigenvalue weighted by molar-refractivity contribution is -0.485. The predicted molar refractivity (Wildman–Crippen MR) is 107 cm³/mol. The van der Waals surface area contributed by atoms with Crippen LogP contribution in [0, 0.1) is 25.6 Å². The van der Waals surface area contributed by atoms with Gasteiger partial charge in [-0.25, -0.2) is 0 Å². The van der Waals surface area contributed by atoms with Gasteiger partial charge in [0.1, 0.15) is 11.2 Å². The van der Waals surface area contributed by atoms with E-state index in [9.17, 15) is 29.8 Å². The van der Waals surface area contributed by atoms with Crippen LogP contribution in [0.4, 0.5) is 11.4 Å². The quantitative estimate of drug-likeness (QED) is 0.379. The first-order chi connectivity index (χ1) is 13.7. The van der Waals surface area contributed by atoms with Crippen LogP contribution in [-0.2, 0) is 9.59 Å². The number of nitro groups is 2. The van der Waals surface area contributed by atoms with E-state index in [1.54, 1.807) is 24.3 Å². The third-order valence-electron chi connectivity index (χ3n) is 5.18. The molecule has 9 nitrogen and oxygen atoms in total.